The van der Waals surface area contributed by atoms with E-state index in [1.54, 1.807) is 11.0 Å². The van der Waals surface area contributed by atoms with Crippen molar-refractivity contribution in [3.63, 3.8) is 0 Å². The van der Waals surface area contributed by atoms with Gasteiger partial charge in [0.2, 0.25) is 5.91 Å². The minimum Gasteiger partial charge on any atom is -0.341 e. The Hall–Kier alpha value is -2.11. The minimum absolute atomic E-state index is 0.0265. The third-order valence-electron chi connectivity index (χ3n) is 5.37. The maximum atomic E-state index is 14.0. The fraction of sp³-hybridized carbons (Fsp3) is 0.579. The van der Waals surface area contributed by atoms with Gasteiger partial charge < -0.3 is 15.5 Å². The summed E-state index contributed by atoms with van der Waals surface area (Å²) < 4.78 is 14.0. The van der Waals surface area contributed by atoms with Gasteiger partial charge in [-0.15, -0.1) is 0 Å². The molecule has 0 radical (unpaired) electrons. The SMILES string of the molecule is CCC(=O)N1CC[C@H](NC(=O)N[C@H]2c3cccc(F)c3CC[C@@H]2C)C1. The van der Waals surface area contributed by atoms with E-state index >= 15 is 0 Å². The zero-order valence-corrected chi connectivity index (χ0v) is 14.8. The molecule has 0 spiro atoms. The summed E-state index contributed by atoms with van der Waals surface area (Å²) in [4.78, 5) is 26.0. The molecule has 25 heavy (non-hydrogen) atoms. The monoisotopic (exact) mass is 347 g/mol. The van der Waals surface area contributed by atoms with E-state index in [1.165, 1.54) is 6.07 Å². The molecule has 6 heteroatoms. The minimum atomic E-state index is -0.246. The summed E-state index contributed by atoms with van der Waals surface area (Å²) >= 11 is 0. The van der Waals surface area contributed by atoms with Gasteiger partial charge in [0.05, 0.1) is 6.04 Å². The molecule has 1 aliphatic carbocycles. The van der Waals surface area contributed by atoms with Crippen molar-refractivity contribution in [1.82, 2.24) is 15.5 Å². The number of rotatable bonds is 3. The van der Waals surface area contributed by atoms with Crippen LogP contribution in [0.25, 0.3) is 0 Å². The van der Waals surface area contributed by atoms with Crippen LogP contribution in [0.4, 0.5) is 9.18 Å². The van der Waals surface area contributed by atoms with Gasteiger partial charge in [0.1, 0.15) is 5.82 Å². The summed E-state index contributed by atoms with van der Waals surface area (Å²) in [6.45, 7) is 5.17. The Bertz CT molecular complexity index is 664. The van der Waals surface area contributed by atoms with Crippen molar-refractivity contribution in [2.45, 2.75) is 51.6 Å². The van der Waals surface area contributed by atoms with Gasteiger partial charge in [-0.3, -0.25) is 4.79 Å². The first-order chi connectivity index (χ1) is 12.0. The van der Waals surface area contributed by atoms with Crippen molar-refractivity contribution >= 4 is 11.9 Å². The van der Waals surface area contributed by atoms with Crippen molar-refractivity contribution in [3.05, 3.63) is 35.1 Å². The highest BCUT2D eigenvalue weighted by molar-refractivity contribution is 5.77. The van der Waals surface area contributed by atoms with E-state index in [9.17, 15) is 14.0 Å². The highest BCUT2D eigenvalue weighted by atomic mass is 19.1. The van der Waals surface area contributed by atoms with E-state index in [-0.39, 0.29) is 35.8 Å². The molecule has 136 valence electrons. The van der Waals surface area contributed by atoms with Crippen LogP contribution in [0, 0.1) is 11.7 Å². The third kappa shape index (κ3) is 3.78. The highest BCUT2D eigenvalue weighted by Crippen LogP contribution is 2.35. The topological polar surface area (TPSA) is 61.4 Å². The van der Waals surface area contributed by atoms with E-state index in [2.05, 4.69) is 17.6 Å². The van der Waals surface area contributed by atoms with E-state index in [4.69, 9.17) is 0 Å². The number of halogens is 1. The Kier molecular flexibility index (Phi) is 5.25. The Balaban J connectivity index is 1.62. The largest absolute Gasteiger partial charge is 0.341 e. The number of carbonyl (C=O) groups excluding carboxylic acids is 2. The van der Waals surface area contributed by atoms with Crippen LogP contribution in [0.3, 0.4) is 0 Å². The van der Waals surface area contributed by atoms with Crippen molar-refractivity contribution in [2.24, 2.45) is 5.92 Å². The normalized spacial score (nSPS) is 25.4. The molecule has 0 unspecified atom stereocenters. The summed E-state index contributed by atoms with van der Waals surface area (Å²) in [6, 6.07) is 4.62. The Morgan fingerprint density at radius 2 is 2.08 bits per heavy atom. The molecule has 3 atom stereocenters. The number of carbonyl (C=O) groups is 2. The second-order valence-corrected chi connectivity index (χ2v) is 7.10. The molecule has 0 bridgehead atoms. The second-order valence-electron chi connectivity index (χ2n) is 7.10. The van der Waals surface area contributed by atoms with Crippen LogP contribution in [0.15, 0.2) is 18.2 Å². The number of fused-ring (bicyclic) bond motifs is 1. The smallest absolute Gasteiger partial charge is 0.315 e. The van der Waals surface area contributed by atoms with Crippen molar-refractivity contribution in [2.75, 3.05) is 13.1 Å². The molecule has 1 aromatic carbocycles. The van der Waals surface area contributed by atoms with Crippen molar-refractivity contribution in [3.8, 4) is 0 Å². The molecule has 2 aliphatic rings. The number of hydrogen-bond acceptors (Lipinski definition) is 2. The van der Waals surface area contributed by atoms with Crippen molar-refractivity contribution in [1.29, 1.82) is 0 Å². The number of nitrogens with zero attached hydrogens (tertiary/aromatic N) is 1. The highest BCUT2D eigenvalue weighted by Gasteiger charge is 2.31. The standard InChI is InChI=1S/C19H26FN3O2/c1-3-17(24)23-10-9-13(11-23)21-19(25)22-18-12(2)7-8-14-15(18)5-4-6-16(14)20/h4-6,12-13,18H,3,7-11H2,1-2H3,(H2,21,22,25)/t12-,13-,18+/m0/s1. The average Bonchev–Trinajstić information content (AvgIpc) is 3.05. The number of likely N-dealkylation sites (tertiary alicyclic amines) is 1. The van der Waals surface area contributed by atoms with Gasteiger partial charge >= 0.3 is 6.03 Å². The lowest BCUT2D eigenvalue weighted by Crippen LogP contribution is -2.46. The molecule has 3 amide bonds. The molecule has 2 N–H and O–H groups in total. The third-order valence-corrected chi connectivity index (χ3v) is 5.37. The fourth-order valence-corrected chi connectivity index (χ4v) is 3.89. The number of amides is 3. The quantitative estimate of drug-likeness (QED) is 0.883. The van der Waals surface area contributed by atoms with Crippen LogP contribution in [0.1, 0.15) is 50.3 Å². The van der Waals surface area contributed by atoms with Crippen LogP contribution in [-0.4, -0.2) is 36.0 Å². The van der Waals surface area contributed by atoms with Crippen LogP contribution < -0.4 is 10.6 Å². The molecule has 1 heterocycles. The zero-order chi connectivity index (χ0) is 18.0. The molecular formula is C19H26FN3O2. The summed E-state index contributed by atoms with van der Waals surface area (Å²) in [5, 5.41) is 5.98. The fourth-order valence-electron chi connectivity index (χ4n) is 3.89. The van der Waals surface area contributed by atoms with Crippen LogP contribution >= 0.6 is 0 Å². The van der Waals surface area contributed by atoms with Gasteiger partial charge in [-0.1, -0.05) is 26.0 Å². The van der Waals surface area contributed by atoms with E-state index in [1.807, 2.05) is 13.0 Å². The first-order valence-corrected chi connectivity index (χ1v) is 9.11. The maximum absolute atomic E-state index is 14.0. The number of nitrogens with one attached hydrogen (secondary N) is 2. The Morgan fingerprint density at radius 1 is 1.28 bits per heavy atom. The van der Waals surface area contributed by atoms with Crippen molar-refractivity contribution < 1.29 is 14.0 Å². The molecule has 1 fully saturated rings. The predicted molar refractivity (Wildman–Crippen MR) is 93.6 cm³/mol. The molecule has 5 nitrogen and oxygen atoms in total. The molecule has 1 aliphatic heterocycles. The van der Waals surface area contributed by atoms with Gasteiger partial charge in [0.15, 0.2) is 0 Å². The molecule has 1 saturated heterocycles. The average molecular weight is 347 g/mol. The summed E-state index contributed by atoms with van der Waals surface area (Å²) in [5.41, 5.74) is 1.59. The lowest BCUT2D eigenvalue weighted by Gasteiger charge is -2.32. The molecule has 1 aromatic rings. The predicted octanol–water partition coefficient (Wildman–Crippen LogP) is 2.76. The zero-order valence-electron chi connectivity index (χ0n) is 14.8. The van der Waals surface area contributed by atoms with Gasteiger partial charge in [0.25, 0.3) is 0 Å². The van der Waals surface area contributed by atoms with E-state index in [0.717, 1.165) is 18.4 Å². The van der Waals surface area contributed by atoms with Gasteiger partial charge in [-0.25, -0.2) is 9.18 Å². The molecule has 0 aromatic heterocycles. The molecule has 3 rings (SSSR count). The Labute approximate surface area is 148 Å². The lowest BCUT2D eigenvalue weighted by molar-refractivity contribution is -0.129. The first kappa shape index (κ1) is 17.7. The molecule has 0 saturated carbocycles. The van der Waals surface area contributed by atoms with Gasteiger partial charge in [-0.05, 0) is 42.4 Å². The summed E-state index contributed by atoms with van der Waals surface area (Å²) in [7, 11) is 0. The maximum Gasteiger partial charge on any atom is 0.315 e. The van der Waals surface area contributed by atoms with Gasteiger partial charge in [-0.2, -0.15) is 0 Å². The number of urea groups is 1. The summed E-state index contributed by atoms with van der Waals surface area (Å²) in [5.74, 6) is 0.179. The lowest BCUT2D eigenvalue weighted by atomic mass is 9.80. The first-order valence-electron chi connectivity index (χ1n) is 9.11. The second kappa shape index (κ2) is 7.42. The Morgan fingerprint density at radius 3 is 2.84 bits per heavy atom. The van der Waals surface area contributed by atoms with Crippen LogP contribution in [0.5, 0.6) is 0 Å². The van der Waals surface area contributed by atoms with E-state index in [0.29, 0.717) is 31.5 Å². The summed E-state index contributed by atoms with van der Waals surface area (Å²) in [6.07, 6.45) is 2.81. The molecular weight excluding hydrogens is 321 g/mol. The number of hydrogen-bond donors (Lipinski definition) is 2. The van der Waals surface area contributed by atoms with Crippen LogP contribution in [-0.2, 0) is 11.2 Å². The van der Waals surface area contributed by atoms with Crippen LogP contribution in [0.2, 0.25) is 0 Å². The van der Waals surface area contributed by atoms with Gasteiger partial charge in [0, 0.05) is 25.6 Å². The number of benzene rings is 1. The van der Waals surface area contributed by atoms with E-state index < -0.39 is 0 Å².